The van der Waals surface area contributed by atoms with Crippen LogP contribution in [0.2, 0.25) is 0 Å². The number of esters is 3. The van der Waals surface area contributed by atoms with Crippen LogP contribution in [0.1, 0.15) is 265 Å². The van der Waals surface area contributed by atoms with Crippen LogP contribution in [-0.4, -0.2) is 37.2 Å². The van der Waals surface area contributed by atoms with Gasteiger partial charge in [-0.15, -0.1) is 0 Å². The van der Waals surface area contributed by atoms with Gasteiger partial charge >= 0.3 is 17.9 Å². The smallest absolute Gasteiger partial charge is 0.306 e. The van der Waals surface area contributed by atoms with Gasteiger partial charge in [0.25, 0.3) is 0 Å². The molecule has 0 aromatic rings. The highest BCUT2D eigenvalue weighted by Crippen LogP contribution is 2.16. The lowest BCUT2D eigenvalue weighted by Crippen LogP contribution is -2.30. The molecular formula is C61H104O6. The van der Waals surface area contributed by atoms with Crippen LogP contribution in [0.15, 0.2) is 85.1 Å². The summed E-state index contributed by atoms with van der Waals surface area (Å²) >= 11 is 0. The summed E-state index contributed by atoms with van der Waals surface area (Å²) in [4.78, 5) is 38.1. The first-order chi connectivity index (χ1) is 33.0. The van der Waals surface area contributed by atoms with Gasteiger partial charge in [0.15, 0.2) is 6.10 Å². The Morgan fingerprint density at radius 1 is 0.313 bits per heavy atom. The molecule has 0 N–H and O–H groups in total. The third kappa shape index (κ3) is 53.4. The van der Waals surface area contributed by atoms with Crippen LogP contribution in [0.5, 0.6) is 0 Å². The van der Waals surface area contributed by atoms with Gasteiger partial charge in [0.1, 0.15) is 13.2 Å². The molecule has 1 unspecified atom stereocenters. The quantitative estimate of drug-likeness (QED) is 0.0199. The highest BCUT2D eigenvalue weighted by atomic mass is 16.6. The van der Waals surface area contributed by atoms with Crippen LogP contribution in [0.25, 0.3) is 0 Å². The molecule has 0 aliphatic heterocycles. The zero-order valence-electron chi connectivity index (χ0n) is 43.9. The fraction of sp³-hybridized carbons (Fsp3) is 0.721. The molecule has 384 valence electrons. The second kappa shape index (κ2) is 55.2. The van der Waals surface area contributed by atoms with Crippen molar-refractivity contribution in [2.75, 3.05) is 13.2 Å². The first-order valence-electron chi connectivity index (χ1n) is 28.2. The fourth-order valence-corrected chi connectivity index (χ4v) is 7.82. The van der Waals surface area contributed by atoms with Crippen molar-refractivity contribution < 1.29 is 28.6 Å². The van der Waals surface area contributed by atoms with E-state index in [0.29, 0.717) is 19.3 Å². The summed E-state index contributed by atoms with van der Waals surface area (Å²) in [5.41, 5.74) is 0. The van der Waals surface area contributed by atoms with Crippen molar-refractivity contribution in [2.45, 2.75) is 271 Å². The molecule has 67 heavy (non-hydrogen) atoms. The zero-order valence-corrected chi connectivity index (χ0v) is 43.9. The van der Waals surface area contributed by atoms with Crippen molar-refractivity contribution in [1.29, 1.82) is 0 Å². The van der Waals surface area contributed by atoms with Gasteiger partial charge in [0, 0.05) is 19.3 Å². The minimum atomic E-state index is -0.798. The Morgan fingerprint density at radius 3 is 0.970 bits per heavy atom. The first-order valence-corrected chi connectivity index (χ1v) is 28.2. The van der Waals surface area contributed by atoms with E-state index in [-0.39, 0.29) is 31.1 Å². The van der Waals surface area contributed by atoms with Crippen LogP contribution < -0.4 is 0 Å². The second-order valence-electron chi connectivity index (χ2n) is 18.6. The van der Waals surface area contributed by atoms with Gasteiger partial charge in [-0.05, 0) is 64.2 Å². The van der Waals surface area contributed by atoms with Gasteiger partial charge in [0.2, 0.25) is 0 Å². The largest absolute Gasteiger partial charge is 0.462 e. The highest BCUT2D eigenvalue weighted by molar-refractivity contribution is 5.71. The number of carbonyl (C=O) groups is 3. The lowest BCUT2D eigenvalue weighted by molar-refractivity contribution is -0.167. The molecule has 1 atom stereocenters. The summed E-state index contributed by atoms with van der Waals surface area (Å²) in [7, 11) is 0. The van der Waals surface area contributed by atoms with Gasteiger partial charge in [-0.1, -0.05) is 266 Å². The van der Waals surface area contributed by atoms with Gasteiger partial charge in [-0.25, -0.2) is 0 Å². The molecular weight excluding hydrogens is 829 g/mol. The minimum absolute atomic E-state index is 0.0925. The van der Waals surface area contributed by atoms with E-state index in [1.54, 1.807) is 0 Å². The molecule has 0 aliphatic rings. The predicted molar refractivity (Wildman–Crippen MR) is 288 cm³/mol. The monoisotopic (exact) mass is 933 g/mol. The molecule has 0 aromatic carbocycles. The maximum atomic E-state index is 12.8. The van der Waals surface area contributed by atoms with Gasteiger partial charge < -0.3 is 14.2 Å². The normalized spacial score (nSPS) is 12.7. The van der Waals surface area contributed by atoms with Crippen molar-refractivity contribution >= 4 is 17.9 Å². The number of unbranched alkanes of at least 4 members (excludes halogenated alkanes) is 30. The van der Waals surface area contributed by atoms with Crippen LogP contribution in [0, 0.1) is 0 Å². The Morgan fingerprint density at radius 2 is 0.597 bits per heavy atom. The number of rotatable bonds is 50. The standard InChI is InChI=1S/C61H104O6/c1-4-7-10-13-16-19-22-25-28-31-34-36-39-42-45-48-51-54-60(63)66-57-58(67-61(64)55-52-49-46-43-40-37-33-30-27-24-21-18-15-12-9-6-3)56-65-59(62)53-50-47-44-41-38-35-32-29-26-23-20-17-14-11-8-5-2/h7,10,13,16,19,22,25,28,30-31,33-34,36,39,58H,4-6,8-9,11-12,14-15,17-18,20-21,23-24,26-27,29,32,35,37-38,40-57H2,1-3H3/b10-7-,16-13-,22-19-,28-25-,33-30-,34-31+,39-36-. The minimum Gasteiger partial charge on any atom is -0.462 e. The Balaban J connectivity index is 4.47. The number of hydrogen-bond acceptors (Lipinski definition) is 6. The maximum Gasteiger partial charge on any atom is 0.306 e. The molecule has 6 heteroatoms. The molecule has 6 nitrogen and oxygen atoms in total. The molecule has 0 aromatic heterocycles. The SMILES string of the molecule is CC\C=C/C=C\C=C/C=C\C=C\C=C/CCCCCC(=O)OCC(COC(=O)CCCCCCCCCCCCCCCCCC)OC(=O)CCCCCCC/C=C\CCCCCCCCC. The second-order valence-corrected chi connectivity index (χ2v) is 18.6. The van der Waals surface area contributed by atoms with Crippen LogP contribution >= 0.6 is 0 Å². The average molecular weight is 933 g/mol. The summed E-state index contributed by atoms with van der Waals surface area (Å²) in [6, 6.07) is 0. The van der Waals surface area contributed by atoms with E-state index in [9.17, 15) is 14.4 Å². The molecule has 0 rings (SSSR count). The summed E-state index contributed by atoms with van der Waals surface area (Å²) in [6.45, 7) is 6.47. The molecule has 0 saturated carbocycles. The number of hydrogen-bond donors (Lipinski definition) is 0. The molecule has 0 radical (unpaired) electrons. The van der Waals surface area contributed by atoms with E-state index < -0.39 is 6.10 Å². The van der Waals surface area contributed by atoms with Crippen LogP contribution in [0.3, 0.4) is 0 Å². The third-order valence-electron chi connectivity index (χ3n) is 12.0. The van der Waals surface area contributed by atoms with Crippen LogP contribution in [0.4, 0.5) is 0 Å². The van der Waals surface area contributed by atoms with Crippen molar-refractivity contribution in [3.8, 4) is 0 Å². The fourth-order valence-electron chi connectivity index (χ4n) is 7.82. The Hall–Kier alpha value is -3.41. The number of ether oxygens (including phenoxy) is 3. The highest BCUT2D eigenvalue weighted by Gasteiger charge is 2.19. The summed E-state index contributed by atoms with van der Waals surface area (Å²) in [6.07, 6.45) is 71.4. The van der Waals surface area contributed by atoms with Crippen molar-refractivity contribution in [2.24, 2.45) is 0 Å². The van der Waals surface area contributed by atoms with Crippen molar-refractivity contribution in [3.05, 3.63) is 85.1 Å². The first kappa shape index (κ1) is 63.6. The van der Waals surface area contributed by atoms with Crippen molar-refractivity contribution in [1.82, 2.24) is 0 Å². The predicted octanol–water partition coefficient (Wildman–Crippen LogP) is 18.8. The lowest BCUT2D eigenvalue weighted by atomic mass is 10.0. The van der Waals surface area contributed by atoms with E-state index >= 15 is 0 Å². The van der Waals surface area contributed by atoms with Gasteiger partial charge in [0.05, 0.1) is 0 Å². The Labute approximate surface area is 414 Å². The molecule has 0 amide bonds. The lowest BCUT2D eigenvalue weighted by Gasteiger charge is -2.18. The van der Waals surface area contributed by atoms with Gasteiger partial charge in [-0.3, -0.25) is 14.4 Å². The maximum absolute atomic E-state index is 12.8. The van der Waals surface area contributed by atoms with E-state index in [2.05, 4.69) is 45.1 Å². The summed E-state index contributed by atoms with van der Waals surface area (Å²) in [5.74, 6) is -0.939. The molecule has 0 bridgehead atoms. The third-order valence-corrected chi connectivity index (χ3v) is 12.0. The summed E-state index contributed by atoms with van der Waals surface area (Å²) < 4.78 is 16.8. The van der Waals surface area contributed by atoms with Gasteiger partial charge in [-0.2, -0.15) is 0 Å². The Bertz CT molecular complexity index is 1300. The molecule has 0 aliphatic carbocycles. The molecule has 0 heterocycles. The zero-order chi connectivity index (χ0) is 48.6. The topological polar surface area (TPSA) is 78.9 Å². The average Bonchev–Trinajstić information content (AvgIpc) is 3.33. The van der Waals surface area contributed by atoms with Crippen molar-refractivity contribution in [3.63, 3.8) is 0 Å². The molecule has 0 saturated heterocycles. The summed E-state index contributed by atoms with van der Waals surface area (Å²) in [5, 5.41) is 0. The molecule has 0 fully saturated rings. The van der Waals surface area contributed by atoms with E-state index in [1.165, 1.54) is 141 Å². The van der Waals surface area contributed by atoms with E-state index in [0.717, 1.165) is 83.5 Å². The molecule has 0 spiro atoms. The van der Waals surface area contributed by atoms with E-state index in [1.807, 2.05) is 60.8 Å². The number of allylic oxidation sites excluding steroid dienone is 14. The Kier molecular flexibility index (Phi) is 52.4. The van der Waals surface area contributed by atoms with E-state index in [4.69, 9.17) is 14.2 Å². The van der Waals surface area contributed by atoms with Crippen LogP contribution in [-0.2, 0) is 28.6 Å². The number of carbonyl (C=O) groups excluding carboxylic acids is 3.